The van der Waals surface area contributed by atoms with Crippen LogP contribution in [0.5, 0.6) is 0 Å². The van der Waals surface area contributed by atoms with E-state index in [1.807, 2.05) is 25.2 Å². The molecule has 0 radical (unpaired) electrons. The highest BCUT2D eigenvalue weighted by Crippen LogP contribution is 2.39. The number of hydrogen-bond donors (Lipinski definition) is 0. The van der Waals surface area contributed by atoms with Crippen molar-refractivity contribution in [1.82, 2.24) is 0 Å². The molecule has 0 amide bonds. The summed E-state index contributed by atoms with van der Waals surface area (Å²) in [4.78, 5) is 2.13. The Hall–Kier alpha value is -1.22. The summed E-state index contributed by atoms with van der Waals surface area (Å²) in [7, 11) is 3.29. The van der Waals surface area contributed by atoms with Crippen LogP contribution in [0.3, 0.4) is 0 Å². The fourth-order valence-electron chi connectivity index (χ4n) is 0.774. The van der Waals surface area contributed by atoms with Crippen molar-refractivity contribution in [2.45, 2.75) is 6.92 Å². The summed E-state index contributed by atoms with van der Waals surface area (Å²) in [5.41, 5.74) is 0. The maximum Gasteiger partial charge on any atom is 0.0689 e. The van der Waals surface area contributed by atoms with E-state index in [9.17, 15) is 0 Å². The van der Waals surface area contributed by atoms with Crippen molar-refractivity contribution in [3.8, 4) is 23.7 Å². The van der Waals surface area contributed by atoms with E-state index < -0.39 is 0 Å². The van der Waals surface area contributed by atoms with Crippen LogP contribution in [0.15, 0.2) is 46.8 Å². The Kier molecular flexibility index (Phi) is 5.63. The van der Waals surface area contributed by atoms with Crippen molar-refractivity contribution in [1.29, 1.82) is 0 Å². The van der Waals surface area contributed by atoms with Gasteiger partial charge < -0.3 is 0 Å². The molecule has 74 valence electrons. The molecule has 0 aromatic heterocycles. The largest absolute Gasteiger partial charge is 0.101 e. The van der Waals surface area contributed by atoms with Gasteiger partial charge >= 0.3 is 0 Å². The van der Waals surface area contributed by atoms with Crippen LogP contribution in [0.4, 0.5) is 0 Å². The molecule has 0 bridgehead atoms. The number of hydrogen-bond acceptors (Lipinski definition) is 2. The van der Waals surface area contributed by atoms with Crippen molar-refractivity contribution >= 4 is 21.6 Å². The molecule has 1 heterocycles. The minimum Gasteiger partial charge on any atom is -0.101 e. The molecular formula is C13H10S2. The predicted molar refractivity (Wildman–Crippen MR) is 71.9 cm³/mol. The third-order valence-electron chi connectivity index (χ3n) is 1.37. The first kappa shape index (κ1) is 11.9. The van der Waals surface area contributed by atoms with Gasteiger partial charge in [-0.2, -0.15) is 0 Å². The third-order valence-corrected chi connectivity index (χ3v) is 3.61. The van der Waals surface area contributed by atoms with Gasteiger partial charge in [0.25, 0.3) is 0 Å². The molecule has 0 aromatic rings. The normalized spacial score (nSPS) is 14.2. The first-order valence-corrected chi connectivity index (χ1v) is 6.50. The van der Waals surface area contributed by atoms with Crippen LogP contribution in [-0.2, 0) is 0 Å². The molecule has 0 unspecified atom stereocenters. The molecule has 15 heavy (non-hydrogen) atoms. The molecule has 0 saturated heterocycles. The first-order chi connectivity index (χ1) is 7.36. The predicted octanol–water partition coefficient (Wildman–Crippen LogP) is 3.92. The molecule has 0 fully saturated rings. The van der Waals surface area contributed by atoms with Crippen LogP contribution < -0.4 is 0 Å². The van der Waals surface area contributed by atoms with Gasteiger partial charge in [-0.15, -0.1) is 5.92 Å². The van der Waals surface area contributed by atoms with Crippen LogP contribution in [0.2, 0.25) is 0 Å². The molecule has 0 saturated carbocycles. The monoisotopic (exact) mass is 230 g/mol. The van der Waals surface area contributed by atoms with E-state index in [-0.39, 0.29) is 0 Å². The van der Waals surface area contributed by atoms with E-state index in [1.165, 1.54) is 0 Å². The van der Waals surface area contributed by atoms with Gasteiger partial charge in [0.05, 0.1) is 9.81 Å². The lowest BCUT2D eigenvalue weighted by Gasteiger charge is -2.03. The Labute approximate surface area is 99.0 Å². The highest BCUT2D eigenvalue weighted by atomic mass is 33.1. The second-order valence-electron chi connectivity index (χ2n) is 2.47. The van der Waals surface area contributed by atoms with Crippen molar-refractivity contribution in [2.75, 3.05) is 0 Å². The lowest BCUT2D eigenvalue weighted by atomic mass is 10.4. The van der Waals surface area contributed by atoms with Crippen LogP contribution >= 0.6 is 21.6 Å². The zero-order valence-corrected chi connectivity index (χ0v) is 10.0. The van der Waals surface area contributed by atoms with Gasteiger partial charge in [0.15, 0.2) is 0 Å². The van der Waals surface area contributed by atoms with Crippen LogP contribution in [0.1, 0.15) is 6.92 Å². The Bertz CT molecular complexity index is 442. The minimum absolute atomic E-state index is 1.05. The van der Waals surface area contributed by atoms with E-state index in [0.29, 0.717) is 0 Å². The van der Waals surface area contributed by atoms with Gasteiger partial charge in [-0.3, -0.25) is 0 Å². The molecule has 1 rings (SSSR count). The lowest BCUT2D eigenvalue weighted by molar-refractivity contribution is 1.86. The SMILES string of the molecule is C=C/C=C\C#CC1=CC=C(C#CC)SS1. The average molecular weight is 230 g/mol. The molecule has 0 N–H and O–H groups in total. The van der Waals surface area contributed by atoms with Gasteiger partial charge in [-0.05, 0) is 46.7 Å². The summed E-state index contributed by atoms with van der Waals surface area (Å²) in [5, 5.41) is 0. The Balaban J connectivity index is 2.65. The number of allylic oxidation sites excluding steroid dienone is 7. The van der Waals surface area contributed by atoms with Gasteiger partial charge in [-0.25, -0.2) is 0 Å². The fraction of sp³-hybridized carbons (Fsp3) is 0.0769. The average Bonchev–Trinajstić information content (AvgIpc) is 2.27. The third kappa shape index (κ3) is 4.70. The molecule has 0 atom stereocenters. The van der Waals surface area contributed by atoms with Crippen LogP contribution in [0.25, 0.3) is 0 Å². The van der Waals surface area contributed by atoms with Gasteiger partial charge in [-0.1, -0.05) is 36.5 Å². The van der Waals surface area contributed by atoms with Gasteiger partial charge in [0.1, 0.15) is 0 Å². The van der Waals surface area contributed by atoms with E-state index in [1.54, 1.807) is 33.7 Å². The maximum atomic E-state index is 3.57. The summed E-state index contributed by atoms with van der Waals surface area (Å²) in [6.07, 6.45) is 9.30. The zero-order valence-electron chi connectivity index (χ0n) is 8.41. The van der Waals surface area contributed by atoms with Gasteiger partial charge in [0.2, 0.25) is 0 Å². The van der Waals surface area contributed by atoms with E-state index in [0.717, 1.165) is 9.81 Å². The van der Waals surface area contributed by atoms with Crippen molar-refractivity contribution < 1.29 is 0 Å². The Morgan fingerprint density at radius 1 is 1.20 bits per heavy atom. The van der Waals surface area contributed by atoms with Crippen LogP contribution in [-0.4, -0.2) is 0 Å². The van der Waals surface area contributed by atoms with Crippen molar-refractivity contribution in [3.05, 3.63) is 46.8 Å². The standard InChI is InChI=1S/C13H10S2/c1-3-5-6-7-9-13-11-10-12(8-4-2)14-15-13/h3,5-6,10-11H,1H2,2H3/b6-5-. The topological polar surface area (TPSA) is 0 Å². The molecule has 1 aliphatic heterocycles. The Morgan fingerprint density at radius 2 is 1.87 bits per heavy atom. The quantitative estimate of drug-likeness (QED) is 0.380. The molecule has 1 aliphatic rings. The molecular weight excluding hydrogens is 220 g/mol. The number of rotatable bonds is 1. The minimum atomic E-state index is 1.05. The second-order valence-corrected chi connectivity index (χ2v) is 4.68. The smallest absolute Gasteiger partial charge is 0.0689 e. The molecule has 0 aromatic carbocycles. The molecule has 0 spiro atoms. The van der Waals surface area contributed by atoms with Gasteiger partial charge in [0, 0.05) is 0 Å². The summed E-state index contributed by atoms with van der Waals surface area (Å²) in [6, 6.07) is 0. The maximum absolute atomic E-state index is 3.57. The first-order valence-electron chi connectivity index (χ1n) is 4.35. The zero-order chi connectivity index (χ0) is 10.9. The summed E-state index contributed by atoms with van der Waals surface area (Å²) in [5.74, 6) is 11.9. The fourth-order valence-corrected chi connectivity index (χ4v) is 2.57. The molecule has 2 heteroatoms. The second kappa shape index (κ2) is 7.12. The molecule has 0 aliphatic carbocycles. The van der Waals surface area contributed by atoms with Crippen LogP contribution in [0, 0.1) is 23.7 Å². The van der Waals surface area contributed by atoms with Crippen molar-refractivity contribution in [3.63, 3.8) is 0 Å². The van der Waals surface area contributed by atoms with Crippen molar-refractivity contribution in [2.24, 2.45) is 0 Å². The molecule has 0 nitrogen and oxygen atoms in total. The summed E-state index contributed by atoms with van der Waals surface area (Å²) < 4.78 is 0. The summed E-state index contributed by atoms with van der Waals surface area (Å²) >= 11 is 0. The lowest BCUT2D eigenvalue weighted by Crippen LogP contribution is -1.77. The van der Waals surface area contributed by atoms with E-state index >= 15 is 0 Å². The van der Waals surface area contributed by atoms with E-state index in [2.05, 4.69) is 30.3 Å². The highest BCUT2D eigenvalue weighted by molar-refractivity contribution is 8.79. The highest BCUT2D eigenvalue weighted by Gasteiger charge is 2.03. The summed E-state index contributed by atoms with van der Waals surface area (Å²) in [6.45, 7) is 5.41. The Morgan fingerprint density at radius 3 is 2.40 bits per heavy atom. The van der Waals surface area contributed by atoms with E-state index in [4.69, 9.17) is 0 Å².